The first-order valence-electron chi connectivity index (χ1n) is 8.87. The van der Waals surface area contributed by atoms with Crippen molar-refractivity contribution in [2.24, 2.45) is 0 Å². The van der Waals surface area contributed by atoms with Gasteiger partial charge in [-0.25, -0.2) is 13.4 Å². The fraction of sp³-hybridized carbons (Fsp3) is 0.529. The normalized spacial score (nSPS) is 19.7. The zero-order valence-corrected chi connectivity index (χ0v) is 17.0. The van der Waals surface area contributed by atoms with Gasteiger partial charge in [0.05, 0.1) is 17.3 Å². The second-order valence-electron chi connectivity index (χ2n) is 6.61. The van der Waals surface area contributed by atoms with E-state index in [0.717, 1.165) is 12.0 Å². The molecule has 10 heteroatoms. The lowest BCUT2D eigenvalue weighted by Crippen LogP contribution is -2.47. The molecule has 0 unspecified atom stereocenters. The second kappa shape index (κ2) is 8.39. The van der Waals surface area contributed by atoms with E-state index in [4.69, 9.17) is 0 Å². The first kappa shape index (κ1) is 19.8. The standard InChI is InChI=1S/C17H23N5O3S2/c1-3-12(2)22(14-6-9-27(24,25)11-14)15(23)10-26-17-19-16(20-21-17)13-4-7-18-8-5-13/h4-5,7-8,12,14H,3,6,9-11H2,1-2H3,(H,19,20,21)/t12-,14+/m1/s1. The number of aromatic amines is 1. The van der Waals surface area contributed by atoms with Crippen LogP contribution >= 0.6 is 11.8 Å². The predicted molar refractivity (Wildman–Crippen MR) is 104 cm³/mol. The molecule has 0 radical (unpaired) electrons. The number of sulfone groups is 1. The Kier molecular flexibility index (Phi) is 6.15. The minimum Gasteiger partial charge on any atom is -0.335 e. The molecule has 0 aliphatic carbocycles. The third kappa shape index (κ3) is 4.86. The summed E-state index contributed by atoms with van der Waals surface area (Å²) >= 11 is 1.25. The molecule has 3 heterocycles. The van der Waals surface area contributed by atoms with Crippen molar-refractivity contribution in [2.45, 2.75) is 43.9 Å². The highest BCUT2D eigenvalue weighted by Crippen LogP contribution is 2.24. The number of pyridine rings is 1. The Labute approximate surface area is 163 Å². The number of rotatable bonds is 7. The molecule has 2 aromatic heterocycles. The van der Waals surface area contributed by atoms with Gasteiger partial charge in [-0.1, -0.05) is 18.7 Å². The molecule has 0 spiro atoms. The summed E-state index contributed by atoms with van der Waals surface area (Å²) in [6.07, 6.45) is 4.64. The molecule has 1 saturated heterocycles. The van der Waals surface area contributed by atoms with Crippen LogP contribution in [0.5, 0.6) is 0 Å². The zero-order chi connectivity index (χ0) is 19.4. The Hall–Kier alpha value is -1.94. The Morgan fingerprint density at radius 3 is 2.78 bits per heavy atom. The van der Waals surface area contributed by atoms with E-state index in [9.17, 15) is 13.2 Å². The molecule has 146 valence electrons. The summed E-state index contributed by atoms with van der Waals surface area (Å²) in [5.74, 6) is 0.927. The monoisotopic (exact) mass is 409 g/mol. The highest BCUT2D eigenvalue weighted by atomic mass is 32.2. The number of thioether (sulfide) groups is 1. The van der Waals surface area contributed by atoms with Gasteiger partial charge in [-0.05, 0) is 31.9 Å². The number of amides is 1. The predicted octanol–water partition coefficient (Wildman–Crippen LogP) is 1.77. The summed E-state index contributed by atoms with van der Waals surface area (Å²) in [4.78, 5) is 22.9. The van der Waals surface area contributed by atoms with Crippen molar-refractivity contribution in [1.82, 2.24) is 25.1 Å². The maximum atomic E-state index is 12.8. The van der Waals surface area contributed by atoms with Crippen LogP contribution in [-0.4, -0.2) is 68.7 Å². The van der Waals surface area contributed by atoms with Crippen LogP contribution < -0.4 is 0 Å². The van der Waals surface area contributed by atoms with Crippen LogP contribution in [0.3, 0.4) is 0 Å². The maximum Gasteiger partial charge on any atom is 0.233 e. The summed E-state index contributed by atoms with van der Waals surface area (Å²) < 4.78 is 23.6. The summed E-state index contributed by atoms with van der Waals surface area (Å²) in [5.41, 5.74) is 0.869. The van der Waals surface area contributed by atoms with Gasteiger partial charge < -0.3 is 4.90 Å². The van der Waals surface area contributed by atoms with Crippen molar-refractivity contribution >= 4 is 27.5 Å². The lowest BCUT2D eigenvalue weighted by atomic mass is 10.1. The zero-order valence-electron chi connectivity index (χ0n) is 15.3. The highest BCUT2D eigenvalue weighted by molar-refractivity contribution is 7.99. The minimum absolute atomic E-state index is 0.00378. The van der Waals surface area contributed by atoms with E-state index in [1.54, 1.807) is 17.3 Å². The van der Waals surface area contributed by atoms with Gasteiger partial charge in [-0.3, -0.25) is 14.9 Å². The number of nitrogens with one attached hydrogen (secondary N) is 1. The molecule has 1 N–H and O–H groups in total. The van der Waals surface area contributed by atoms with E-state index < -0.39 is 9.84 Å². The van der Waals surface area contributed by atoms with Crippen molar-refractivity contribution in [1.29, 1.82) is 0 Å². The third-order valence-corrected chi connectivity index (χ3v) is 7.28. The number of carbonyl (C=O) groups excluding carboxylic acids is 1. The van der Waals surface area contributed by atoms with E-state index in [1.807, 2.05) is 26.0 Å². The number of H-pyrrole nitrogens is 1. The third-order valence-electron chi connectivity index (χ3n) is 4.70. The van der Waals surface area contributed by atoms with Crippen LogP contribution in [0.2, 0.25) is 0 Å². The minimum atomic E-state index is -3.05. The molecule has 1 fully saturated rings. The summed E-state index contributed by atoms with van der Waals surface area (Å²) in [6.45, 7) is 3.96. The van der Waals surface area contributed by atoms with E-state index >= 15 is 0 Å². The molecule has 1 amide bonds. The van der Waals surface area contributed by atoms with Crippen LogP contribution in [0, 0.1) is 0 Å². The van der Waals surface area contributed by atoms with E-state index in [0.29, 0.717) is 17.4 Å². The van der Waals surface area contributed by atoms with Crippen LogP contribution in [0.15, 0.2) is 29.7 Å². The van der Waals surface area contributed by atoms with Gasteiger partial charge in [0.25, 0.3) is 0 Å². The quantitative estimate of drug-likeness (QED) is 0.694. The fourth-order valence-corrected chi connectivity index (χ4v) is 5.53. The molecule has 27 heavy (non-hydrogen) atoms. The lowest BCUT2D eigenvalue weighted by Gasteiger charge is -2.33. The van der Waals surface area contributed by atoms with Crippen LogP contribution in [0.25, 0.3) is 11.4 Å². The molecule has 0 bridgehead atoms. The lowest BCUT2D eigenvalue weighted by molar-refractivity contribution is -0.132. The number of carbonyl (C=O) groups is 1. The molecule has 1 aliphatic rings. The van der Waals surface area contributed by atoms with E-state index in [1.165, 1.54) is 11.8 Å². The number of aromatic nitrogens is 4. The molecule has 0 aromatic carbocycles. The molecular formula is C17H23N5O3S2. The van der Waals surface area contributed by atoms with Crippen molar-refractivity contribution in [3.63, 3.8) is 0 Å². The van der Waals surface area contributed by atoms with Gasteiger partial charge in [0.1, 0.15) is 0 Å². The maximum absolute atomic E-state index is 12.8. The van der Waals surface area contributed by atoms with E-state index in [-0.39, 0.29) is 35.2 Å². The van der Waals surface area contributed by atoms with Crippen LogP contribution in [0.1, 0.15) is 26.7 Å². The van der Waals surface area contributed by atoms with E-state index in [2.05, 4.69) is 20.2 Å². The number of hydrogen-bond donors (Lipinski definition) is 1. The van der Waals surface area contributed by atoms with Crippen molar-refractivity contribution in [3.05, 3.63) is 24.5 Å². The van der Waals surface area contributed by atoms with Crippen molar-refractivity contribution in [2.75, 3.05) is 17.3 Å². The first-order chi connectivity index (χ1) is 12.9. The Morgan fingerprint density at radius 2 is 2.15 bits per heavy atom. The van der Waals surface area contributed by atoms with Crippen molar-refractivity contribution in [3.8, 4) is 11.4 Å². The largest absolute Gasteiger partial charge is 0.335 e. The molecule has 1 aliphatic heterocycles. The smallest absolute Gasteiger partial charge is 0.233 e. The molecular weight excluding hydrogens is 386 g/mol. The Bertz CT molecular complexity index is 885. The SMILES string of the molecule is CC[C@@H](C)N(C(=O)CSc1n[nH]c(-c2ccncc2)n1)[C@H]1CCS(=O)(=O)C1. The second-order valence-corrected chi connectivity index (χ2v) is 9.78. The molecule has 2 atom stereocenters. The van der Waals surface area contributed by atoms with Gasteiger partial charge in [0.2, 0.25) is 11.1 Å². The van der Waals surface area contributed by atoms with Gasteiger partial charge in [0.15, 0.2) is 15.7 Å². The van der Waals surface area contributed by atoms with Gasteiger partial charge in [-0.15, -0.1) is 5.10 Å². The summed E-state index contributed by atoms with van der Waals surface area (Å²) in [5, 5.41) is 7.49. The number of nitrogens with zero attached hydrogens (tertiary/aromatic N) is 4. The fourth-order valence-electron chi connectivity index (χ4n) is 3.15. The van der Waals surface area contributed by atoms with Gasteiger partial charge in [-0.2, -0.15) is 0 Å². The summed E-state index contributed by atoms with van der Waals surface area (Å²) in [7, 11) is -3.05. The average molecular weight is 410 g/mol. The summed E-state index contributed by atoms with van der Waals surface area (Å²) in [6, 6.07) is 3.41. The van der Waals surface area contributed by atoms with Crippen molar-refractivity contribution < 1.29 is 13.2 Å². The van der Waals surface area contributed by atoms with Crippen LogP contribution in [0.4, 0.5) is 0 Å². The highest BCUT2D eigenvalue weighted by Gasteiger charge is 2.36. The Balaban J connectivity index is 1.65. The average Bonchev–Trinajstić information content (AvgIpc) is 3.27. The molecule has 2 aromatic rings. The molecule has 3 rings (SSSR count). The molecule has 0 saturated carbocycles. The molecule has 8 nitrogen and oxygen atoms in total. The topological polar surface area (TPSA) is 109 Å². The van der Waals surface area contributed by atoms with Crippen LogP contribution in [-0.2, 0) is 14.6 Å². The first-order valence-corrected chi connectivity index (χ1v) is 11.7. The van der Waals surface area contributed by atoms with Gasteiger partial charge in [0, 0.05) is 30.0 Å². The number of hydrogen-bond acceptors (Lipinski definition) is 7. The Morgan fingerprint density at radius 1 is 1.41 bits per heavy atom. The van der Waals surface area contributed by atoms with Gasteiger partial charge >= 0.3 is 0 Å².